The van der Waals surface area contributed by atoms with Gasteiger partial charge < -0.3 is 5.32 Å². The summed E-state index contributed by atoms with van der Waals surface area (Å²) in [5.41, 5.74) is 0. The van der Waals surface area contributed by atoms with E-state index in [1.807, 2.05) is 0 Å². The van der Waals surface area contributed by atoms with Crippen LogP contribution in [0.1, 0.15) is 19.3 Å². The smallest absolute Gasteiger partial charge is 0.356 e. The quantitative estimate of drug-likeness (QED) is 0.597. The molecule has 0 bridgehead atoms. The van der Waals surface area contributed by atoms with Gasteiger partial charge in [0.25, 0.3) is 0 Å². The molecule has 1 N–H and O–H groups in total. The molecule has 0 aromatic heterocycles. The third-order valence-electron chi connectivity index (χ3n) is 1.24. The highest BCUT2D eigenvalue weighted by atomic mass is 79.9. The number of halogens is 4. The summed E-state index contributed by atoms with van der Waals surface area (Å²) in [4.78, 5) is 10.6. The van der Waals surface area contributed by atoms with Crippen molar-refractivity contribution in [2.75, 3.05) is 11.9 Å². The van der Waals surface area contributed by atoms with E-state index in [1.165, 1.54) is 0 Å². The first-order valence-corrected chi connectivity index (χ1v) is 4.97. The summed E-state index contributed by atoms with van der Waals surface area (Å²) in [6.45, 7) is 0.306. The van der Waals surface area contributed by atoms with Gasteiger partial charge in [0.05, 0.1) is 0 Å². The average Bonchev–Trinajstić information content (AvgIpc) is 1.94. The second-order valence-corrected chi connectivity index (χ2v) is 3.33. The number of unbranched alkanes of at least 4 members (excludes halogenated alkanes) is 1. The molecule has 0 spiro atoms. The number of rotatable bonds is 5. The Morgan fingerprint density at radius 3 is 2.38 bits per heavy atom. The van der Waals surface area contributed by atoms with Crippen molar-refractivity contribution >= 4 is 21.8 Å². The predicted octanol–water partition coefficient (Wildman–Crippen LogP) is 2.23. The number of amides is 1. The van der Waals surface area contributed by atoms with Crippen LogP contribution < -0.4 is 5.32 Å². The van der Waals surface area contributed by atoms with Gasteiger partial charge in [0.1, 0.15) is 6.42 Å². The van der Waals surface area contributed by atoms with E-state index < -0.39 is 18.5 Å². The highest BCUT2D eigenvalue weighted by Gasteiger charge is 2.30. The highest BCUT2D eigenvalue weighted by molar-refractivity contribution is 9.09. The Morgan fingerprint density at radius 2 is 1.92 bits per heavy atom. The molecule has 2 nitrogen and oxygen atoms in total. The van der Waals surface area contributed by atoms with Crippen LogP contribution in [0.4, 0.5) is 13.2 Å². The van der Waals surface area contributed by atoms with Crippen molar-refractivity contribution in [1.29, 1.82) is 0 Å². The van der Waals surface area contributed by atoms with Gasteiger partial charge in [-0.2, -0.15) is 13.2 Å². The zero-order chi connectivity index (χ0) is 10.3. The van der Waals surface area contributed by atoms with E-state index in [0.717, 1.165) is 11.8 Å². The van der Waals surface area contributed by atoms with Crippen LogP contribution in [-0.2, 0) is 4.79 Å². The Morgan fingerprint density at radius 1 is 1.31 bits per heavy atom. The van der Waals surface area contributed by atoms with Crippen LogP contribution in [-0.4, -0.2) is 24.0 Å². The second kappa shape index (κ2) is 6.23. The van der Waals surface area contributed by atoms with Crippen molar-refractivity contribution in [3.63, 3.8) is 0 Å². The van der Waals surface area contributed by atoms with E-state index in [1.54, 1.807) is 0 Å². The summed E-state index contributed by atoms with van der Waals surface area (Å²) in [6, 6.07) is 0. The van der Waals surface area contributed by atoms with E-state index in [2.05, 4.69) is 21.2 Å². The third-order valence-corrected chi connectivity index (χ3v) is 1.80. The molecular weight excluding hydrogens is 251 g/mol. The summed E-state index contributed by atoms with van der Waals surface area (Å²) < 4.78 is 34.8. The van der Waals surface area contributed by atoms with Gasteiger partial charge in [0.2, 0.25) is 5.91 Å². The summed E-state index contributed by atoms with van der Waals surface area (Å²) in [6.07, 6.45) is -4.26. The minimum atomic E-state index is -4.40. The highest BCUT2D eigenvalue weighted by Crippen LogP contribution is 2.18. The molecule has 0 saturated carbocycles. The molecule has 0 rings (SSSR count). The first kappa shape index (κ1) is 12.7. The molecule has 78 valence electrons. The third kappa shape index (κ3) is 9.66. The van der Waals surface area contributed by atoms with Crippen molar-refractivity contribution in [2.45, 2.75) is 25.4 Å². The number of carbonyl (C=O) groups excluding carboxylic acids is 1. The Kier molecular flexibility index (Phi) is 6.11. The van der Waals surface area contributed by atoms with Gasteiger partial charge in [0, 0.05) is 11.9 Å². The molecule has 0 unspecified atom stereocenters. The lowest BCUT2D eigenvalue weighted by atomic mass is 10.3. The molecular formula is C7H11BrF3NO. The maximum absolute atomic E-state index is 11.6. The van der Waals surface area contributed by atoms with Crippen LogP contribution >= 0.6 is 15.9 Å². The van der Waals surface area contributed by atoms with Gasteiger partial charge in [0.15, 0.2) is 0 Å². The zero-order valence-electron chi connectivity index (χ0n) is 6.96. The van der Waals surface area contributed by atoms with Gasteiger partial charge in [-0.25, -0.2) is 0 Å². The monoisotopic (exact) mass is 261 g/mol. The Bertz CT molecular complexity index is 160. The molecule has 0 saturated heterocycles. The first-order chi connectivity index (χ1) is 5.95. The van der Waals surface area contributed by atoms with Crippen molar-refractivity contribution in [1.82, 2.24) is 5.32 Å². The number of nitrogens with one attached hydrogen (secondary N) is 1. The number of carbonyl (C=O) groups is 1. The molecule has 0 heterocycles. The average molecular weight is 262 g/mol. The Balaban J connectivity index is 3.41. The molecule has 13 heavy (non-hydrogen) atoms. The summed E-state index contributed by atoms with van der Waals surface area (Å²) >= 11 is 3.17. The molecule has 0 aromatic carbocycles. The van der Waals surface area contributed by atoms with Crippen LogP contribution in [0, 0.1) is 0 Å². The van der Waals surface area contributed by atoms with Gasteiger partial charge in [-0.15, -0.1) is 0 Å². The molecule has 0 radical (unpaired) electrons. The van der Waals surface area contributed by atoms with Crippen LogP contribution in [0.15, 0.2) is 0 Å². The lowest BCUT2D eigenvalue weighted by molar-refractivity contribution is -0.153. The summed E-state index contributed by atoms with van der Waals surface area (Å²) in [5.74, 6) is -0.956. The summed E-state index contributed by atoms with van der Waals surface area (Å²) in [5, 5.41) is 2.99. The first-order valence-electron chi connectivity index (χ1n) is 3.85. The summed E-state index contributed by atoms with van der Waals surface area (Å²) in [7, 11) is 0. The standard InChI is InChI=1S/C7H11BrF3NO/c8-3-1-2-4-12-6(13)5-7(9,10)11/h1-5H2,(H,12,13). The maximum Gasteiger partial charge on any atom is 0.397 e. The van der Waals surface area contributed by atoms with Gasteiger partial charge in [-0.05, 0) is 12.8 Å². The second-order valence-electron chi connectivity index (χ2n) is 2.54. The van der Waals surface area contributed by atoms with Crippen LogP contribution in [0.3, 0.4) is 0 Å². The lowest BCUT2D eigenvalue weighted by Crippen LogP contribution is -2.29. The van der Waals surface area contributed by atoms with Crippen molar-refractivity contribution in [2.24, 2.45) is 0 Å². The van der Waals surface area contributed by atoms with Crippen LogP contribution in [0.25, 0.3) is 0 Å². The number of hydrogen-bond donors (Lipinski definition) is 1. The van der Waals surface area contributed by atoms with Gasteiger partial charge in [-0.3, -0.25) is 4.79 Å². The normalized spacial score (nSPS) is 11.4. The molecule has 0 aromatic rings. The number of alkyl halides is 4. The van der Waals surface area contributed by atoms with Crippen molar-refractivity contribution in [3.8, 4) is 0 Å². The molecule has 0 aliphatic rings. The molecule has 1 amide bonds. The number of hydrogen-bond acceptors (Lipinski definition) is 1. The Hall–Kier alpha value is -0.260. The van der Waals surface area contributed by atoms with Crippen molar-refractivity contribution < 1.29 is 18.0 Å². The fourth-order valence-electron chi connectivity index (χ4n) is 0.692. The van der Waals surface area contributed by atoms with E-state index >= 15 is 0 Å². The minimum absolute atomic E-state index is 0.306. The lowest BCUT2D eigenvalue weighted by Gasteiger charge is -2.06. The van der Waals surface area contributed by atoms with Gasteiger partial charge >= 0.3 is 6.18 Å². The Labute approximate surface area is 83.0 Å². The minimum Gasteiger partial charge on any atom is -0.356 e. The topological polar surface area (TPSA) is 29.1 Å². The fourth-order valence-corrected chi connectivity index (χ4v) is 1.09. The van der Waals surface area contributed by atoms with Crippen LogP contribution in [0.5, 0.6) is 0 Å². The van der Waals surface area contributed by atoms with E-state index in [-0.39, 0.29) is 0 Å². The van der Waals surface area contributed by atoms with E-state index in [4.69, 9.17) is 0 Å². The molecule has 6 heteroatoms. The maximum atomic E-state index is 11.6. The zero-order valence-corrected chi connectivity index (χ0v) is 8.54. The predicted molar refractivity (Wildman–Crippen MR) is 46.7 cm³/mol. The molecule has 0 fully saturated rings. The fraction of sp³-hybridized carbons (Fsp3) is 0.857. The van der Waals surface area contributed by atoms with E-state index in [0.29, 0.717) is 13.0 Å². The van der Waals surface area contributed by atoms with Crippen LogP contribution in [0.2, 0.25) is 0 Å². The molecule has 0 aliphatic carbocycles. The molecule has 0 aliphatic heterocycles. The van der Waals surface area contributed by atoms with E-state index in [9.17, 15) is 18.0 Å². The molecule has 0 atom stereocenters. The largest absolute Gasteiger partial charge is 0.397 e. The van der Waals surface area contributed by atoms with Crippen molar-refractivity contribution in [3.05, 3.63) is 0 Å². The SMILES string of the molecule is O=C(CC(F)(F)F)NCCCCBr. The van der Waals surface area contributed by atoms with Gasteiger partial charge in [-0.1, -0.05) is 15.9 Å².